The Morgan fingerprint density at radius 2 is 1.06 bits per heavy atom. The summed E-state index contributed by atoms with van der Waals surface area (Å²) in [4.78, 5) is 0. The lowest BCUT2D eigenvalue weighted by molar-refractivity contribution is 1.17. The van der Waals surface area contributed by atoms with E-state index in [2.05, 4.69) is 143 Å². The minimum Gasteiger partial charge on any atom is -0.309 e. The van der Waals surface area contributed by atoms with Crippen LogP contribution in [-0.4, -0.2) is 9.13 Å². The second-order valence-corrected chi connectivity index (χ2v) is 12.5. The van der Waals surface area contributed by atoms with Crippen molar-refractivity contribution in [1.82, 2.24) is 9.13 Å². The number of para-hydroxylation sites is 3. The monoisotopic (exact) mass is 624 g/mol. The zero-order chi connectivity index (χ0) is 33.1. The predicted octanol–water partition coefficient (Wildman–Crippen LogP) is 11.3. The lowest BCUT2D eigenvalue weighted by Gasteiger charge is -2.16. The molecule has 0 spiro atoms. The molecule has 9 aromatic rings. The molecule has 0 saturated heterocycles. The number of benzene rings is 7. The van der Waals surface area contributed by atoms with Crippen LogP contribution >= 0.6 is 0 Å². The van der Waals surface area contributed by atoms with E-state index in [9.17, 15) is 10.5 Å². The predicted molar refractivity (Wildman–Crippen MR) is 200 cm³/mol. The summed E-state index contributed by atoms with van der Waals surface area (Å²) >= 11 is 0. The maximum atomic E-state index is 10.3. The molecule has 0 atom stereocenters. The molecular weight excluding hydrogens is 597 g/mol. The SMILES string of the molecule is Cc1cc(-n2c3ccccc3c3cc(C#N)ccc32)ccc1-c1ccc(-c2c(C#N)cccc2-n2c3ccccc3c3ccccc32)cc1. The van der Waals surface area contributed by atoms with E-state index in [1.54, 1.807) is 0 Å². The highest BCUT2D eigenvalue weighted by molar-refractivity contribution is 6.11. The van der Waals surface area contributed by atoms with E-state index in [0.717, 1.165) is 72.0 Å². The fourth-order valence-electron chi connectivity index (χ4n) is 7.55. The molecule has 228 valence electrons. The third-order valence-electron chi connectivity index (χ3n) is 9.74. The van der Waals surface area contributed by atoms with Gasteiger partial charge in [-0.3, -0.25) is 0 Å². The van der Waals surface area contributed by atoms with Crippen LogP contribution in [0.3, 0.4) is 0 Å². The molecular formula is C45H28N4. The van der Waals surface area contributed by atoms with Gasteiger partial charge in [-0.25, -0.2) is 0 Å². The van der Waals surface area contributed by atoms with Crippen molar-refractivity contribution >= 4 is 43.6 Å². The summed E-state index contributed by atoms with van der Waals surface area (Å²) in [5, 5.41) is 24.4. The molecule has 7 aromatic carbocycles. The number of fused-ring (bicyclic) bond motifs is 6. The van der Waals surface area contributed by atoms with E-state index >= 15 is 0 Å². The molecule has 0 aliphatic heterocycles. The molecule has 0 aliphatic carbocycles. The second-order valence-electron chi connectivity index (χ2n) is 12.5. The van der Waals surface area contributed by atoms with Gasteiger partial charge in [-0.15, -0.1) is 0 Å². The highest BCUT2D eigenvalue weighted by Gasteiger charge is 2.19. The van der Waals surface area contributed by atoms with Crippen molar-refractivity contribution in [1.29, 1.82) is 10.5 Å². The molecule has 0 unspecified atom stereocenters. The second kappa shape index (κ2) is 11.1. The lowest BCUT2D eigenvalue weighted by Crippen LogP contribution is -1.99. The van der Waals surface area contributed by atoms with E-state index in [1.807, 2.05) is 36.4 Å². The standard InChI is InChI=1S/C45H28N4/c1-29-25-34(48-40-13-5-4-12-38(40)39-26-30(27-46)17-24-43(39)48)22-23-35(29)31-18-20-32(21-19-31)45-33(28-47)9-8-16-44(45)49-41-14-6-2-10-36(41)37-11-3-7-15-42(37)49/h2-26H,1H3. The topological polar surface area (TPSA) is 57.4 Å². The molecule has 9 rings (SSSR count). The molecule has 4 heteroatoms. The first-order valence-corrected chi connectivity index (χ1v) is 16.3. The maximum Gasteiger partial charge on any atom is 0.0998 e. The zero-order valence-electron chi connectivity index (χ0n) is 26.7. The van der Waals surface area contributed by atoms with Gasteiger partial charge in [-0.05, 0) is 89.8 Å². The Bertz CT molecular complexity index is 2800. The van der Waals surface area contributed by atoms with E-state index in [-0.39, 0.29) is 0 Å². The zero-order valence-corrected chi connectivity index (χ0v) is 26.7. The number of hydrogen-bond donors (Lipinski definition) is 0. The van der Waals surface area contributed by atoms with Crippen LogP contribution in [-0.2, 0) is 0 Å². The number of nitriles is 2. The number of nitrogens with zero attached hydrogens (tertiary/aromatic N) is 4. The van der Waals surface area contributed by atoms with Gasteiger partial charge in [0.1, 0.15) is 0 Å². The molecule has 4 nitrogen and oxygen atoms in total. The fraction of sp³-hybridized carbons (Fsp3) is 0.0222. The van der Waals surface area contributed by atoms with Gasteiger partial charge < -0.3 is 9.13 Å². The lowest BCUT2D eigenvalue weighted by atomic mass is 9.94. The highest BCUT2D eigenvalue weighted by atomic mass is 15.0. The average molecular weight is 625 g/mol. The van der Waals surface area contributed by atoms with Crippen LogP contribution in [0.1, 0.15) is 16.7 Å². The molecule has 0 bridgehead atoms. The molecule has 0 saturated carbocycles. The quantitative estimate of drug-likeness (QED) is 0.196. The first-order valence-electron chi connectivity index (χ1n) is 16.3. The minimum atomic E-state index is 0.640. The molecule has 49 heavy (non-hydrogen) atoms. The van der Waals surface area contributed by atoms with Crippen molar-refractivity contribution in [3.63, 3.8) is 0 Å². The minimum absolute atomic E-state index is 0.640. The van der Waals surface area contributed by atoms with Crippen molar-refractivity contribution in [3.05, 3.63) is 168 Å². The van der Waals surface area contributed by atoms with Crippen molar-refractivity contribution in [2.45, 2.75) is 6.92 Å². The summed E-state index contributed by atoms with van der Waals surface area (Å²) in [6, 6.07) is 57.1. The van der Waals surface area contributed by atoms with Crippen LogP contribution in [0.2, 0.25) is 0 Å². The van der Waals surface area contributed by atoms with Gasteiger partial charge in [-0.2, -0.15) is 10.5 Å². The summed E-state index contributed by atoms with van der Waals surface area (Å²) in [5.41, 5.74) is 13.1. The van der Waals surface area contributed by atoms with Crippen molar-refractivity contribution in [2.75, 3.05) is 0 Å². The number of rotatable bonds is 4. The van der Waals surface area contributed by atoms with E-state index in [0.29, 0.717) is 11.1 Å². The van der Waals surface area contributed by atoms with Gasteiger partial charge in [0.25, 0.3) is 0 Å². The van der Waals surface area contributed by atoms with Crippen LogP contribution in [0.4, 0.5) is 0 Å². The first kappa shape index (κ1) is 28.4. The molecule has 0 fully saturated rings. The Morgan fingerprint density at radius 1 is 0.469 bits per heavy atom. The van der Waals surface area contributed by atoms with Crippen molar-refractivity contribution in [2.24, 2.45) is 0 Å². The summed E-state index contributed by atoms with van der Waals surface area (Å²) in [5.74, 6) is 0. The molecule has 0 N–H and O–H groups in total. The Hall–Kier alpha value is -6.88. The first-order chi connectivity index (χ1) is 24.1. The van der Waals surface area contributed by atoms with Gasteiger partial charge >= 0.3 is 0 Å². The summed E-state index contributed by atoms with van der Waals surface area (Å²) in [6.07, 6.45) is 0. The summed E-state index contributed by atoms with van der Waals surface area (Å²) < 4.78 is 4.56. The van der Waals surface area contributed by atoms with E-state index in [4.69, 9.17) is 0 Å². The molecule has 2 aromatic heterocycles. The van der Waals surface area contributed by atoms with Gasteiger partial charge in [0.2, 0.25) is 0 Å². The van der Waals surface area contributed by atoms with Crippen LogP contribution in [0, 0.1) is 29.6 Å². The van der Waals surface area contributed by atoms with Crippen LogP contribution in [0.5, 0.6) is 0 Å². The third kappa shape index (κ3) is 4.36. The molecule has 2 heterocycles. The normalized spacial score (nSPS) is 11.3. The Morgan fingerprint density at radius 3 is 1.69 bits per heavy atom. The van der Waals surface area contributed by atoms with Gasteiger partial charge in [0.05, 0.1) is 51.0 Å². The van der Waals surface area contributed by atoms with Gasteiger partial charge in [0.15, 0.2) is 0 Å². The van der Waals surface area contributed by atoms with Crippen LogP contribution in [0.25, 0.3) is 77.2 Å². The van der Waals surface area contributed by atoms with Crippen molar-refractivity contribution < 1.29 is 0 Å². The Kier molecular flexibility index (Phi) is 6.44. The van der Waals surface area contributed by atoms with Gasteiger partial charge in [0, 0.05) is 32.8 Å². The van der Waals surface area contributed by atoms with Crippen molar-refractivity contribution in [3.8, 4) is 45.8 Å². The van der Waals surface area contributed by atoms with E-state index in [1.165, 1.54) is 10.8 Å². The smallest absolute Gasteiger partial charge is 0.0998 e. The molecule has 0 aliphatic rings. The highest BCUT2D eigenvalue weighted by Crippen LogP contribution is 2.39. The largest absolute Gasteiger partial charge is 0.309 e. The summed E-state index contributed by atoms with van der Waals surface area (Å²) in [7, 11) is 0. The van der Waals surface area contributed by atoms with Crippen LogP contribution in [0.15, 0.2) is 152 Å². The molecule has 0 radical (unpaired) electrons. The van der Waals surface area contributed by atoms with Gasteiger partial charge in [-0.1, -0.05) is 91.0 Å². The Balaban J connectivity index is 1.15. The number of hydrogen-bond acceptors (Lipinski definition) is 2. The van der Waals surface area contributed by atoms with E-state index < -0.39 is 0 Å². The average Bonchev–Trinajstić information content (AvgIpc) is 3.67. The Labute approximate surface area is 283 Å². The fourth-order valence-corrected chi connectivity index (χ4v) is 7.55. The third-order valence-corrected chi connectivity index (χ3v) is 9.74. The number of aromatic nitrogens is 2. The molecule has 0 amide bonds. The summed E-state index contributed by atoms with van der Waals surface area (Å²) in [6.45, 7) is 2.15. The maximum absolute atomic E-state index is 10.3. The van der Waals surface area contributed by atoms with Crippen LogP contribution < -0.4 is 0 Å². The number of aryl methyl sites for hydroxylation is 1.